The average Bonchev–Trinajstić information content (AvgIpc) is 2.41. The molecule has 0 unspecified atom stereocenters. The lowest BCUT2D eigenvalue weighted by Gasteiger charge is -2.07. The number of aromatic carboxylic acids is 1. The van der Waals surface area contributed by atoms with Crippen molar-refractivity contribution in [2.24, 2.45) is 0 Å². The molecule has 0 radical (unpaired) electrons. The fourth-order valence-corrected chi connectivity index (χ4v) is 1.52. The molecule has 0 spiro atoms. The highest BCUT2D eigenvalue weighted by molar-refractivity contribution is 5.94. The van der Waals surface area contributed by atoms with E-state index in [4.69, 9.17) is 20.8 Å². The van der Waals surface area contributed by atoms with Gasteiger partial charge in [0.2, 0.25) is 0 Å². The van der Waals surface area contributed by atoms with Gasteiger partial charge in [0, 0.05) is 5.69 Å². The second kappa shape index (κ2) is 5.10. The number of hydrogen-bond acceptors (Lipinski definition) is 4. The molecule has 0 heterocycles. The number of nitrogens with zero attached hydrogens (tertiary/aromatic N) is 1. The second-order valence-corrected chi connectivity index (χ2v) is 3.79. The Hall–Kier alpha value is -3.00. The highest BCUT2D eigenvalue weighted by atomic mass is 16.5. The zero-order chi connectivity index (χ0) is 13.8. The molecule has 19 heavy (non-hydrogen) atoms. The van der Waals surface area contributed by atoms with Gasteiger partial charge in [-0.05, 0) is 42.5 Å². The molecule has 3 N–H and O–H groups in total. The lowest BCUT2D eigenvalue weighted by molar-refractivity contribution is 0.0697. The van der Waals surface area contributed by atoms with Gasteiger partial charge in [0.15, 0.2) is 0 Å². The van der Waals surface area contributed by atoms with Gasteiger partial charge in [-0.2, -0.15) is 5.26 Å². The maximum absolute atomic E-state index is 10.9. The molecule has 5 nitrogen and oxygen atoms in total. The number of carbonyl (C=O) groups is 1. The van der Waals surface area contributed by atoms with Crippen LogP contribution in [0.25, 0.3) is 0 Å². The highest BCUT2D eigenvalue weighted by Crippen LogP contribution is 2.25. The van der Waals surface area contributed by atoms with E-state index in [1.54, 1.807) is 30.3 Å². The SMILES string of the molecule is N#Cc1ccc(Oc2ccc(N)c(C(=O)O)c2)cc1. The van der Waals surface area contributed by atoms with Crippen LogP contribution in [0.3, 0.4) is 0 Å². The minimum atomic E-state index is -1.11. The average molecular weight is 254 g/mol. The van der Waals surface area contributed by atoms with Crippen molar-refractivity contribution < 1.29 is 14.6 Å². The predicted molar refractivity (Wildman–Crippen MR) is 69.0 cm³/mol. The lowest BCUT2D eigenvalue weighted by atomic mass is 10.1. The van der Waals surface area contributed by atoms with Crippen molar-refractivity contribution in [1.29, 1.82) is 5.26 Å². The Morgan fingerprint density at radius 1 is 1.16 bits per heavy atom. The number of carboxylic acid groups (broad SMARTS) is 1. The van der Waals surface area contributed by atoms with Gasteiger partial charge in [-0.3, -0.25) is 0 Å². The number of ether oxygens (including phenoxy) is 1. The molecular formula is C14H10N2O3. The molecule has 0 fully saturated rings. The van der Waals surface area contributed by atoms with Crippen molar-refractivity contribution in [3.8, 4) is 17.6 Å². The second-order valence-electron chi connectivity index (χ2n) is 3.79. The summed E-state index contributed by atoms with van der Waals surface area (Å²) in [4.78, 5) is 10.9. The normalized spacial score (nSPS) is 9.63. The summed E-state index contributed by atoms with van der Waals surface area (Å²) < 4.78 is 5.50. The van der Waals surface area contributed by atoms with E-state index in [0.717, 1.165) is 0 Å². The van der Waals surface area contributed by atoms with Crippen LogP contribution in [0.5, 0.6) is 11.5 Å². The Morgan fingerprint density at radius 3 is 2.37 bits per heavy atom. The van der Waals surface area contributed by atoms with Crippen LogP contribution < -0.4 is 10.5 Å². The molecule has 2 aromatic carbocycles. The van der Waals surface area contributed by atoms with Crippen LogP contribution in [0.1, 0.15) is 15.9 Å². The smallest absolute Gasteiger partial charge is 0.337 e. The first-order valence-corrected chi connectivity index (χ1v) is 5.41. The molecule has 2 rings (SSSR count). The summed E-state index contributed by atoms with van der Waals surface area (Å²) >= 11 is 0. The summed E-state index contributed by atoms with van der Waals surface area (Å²) in [5, 5.41) is 17.6. The standard InChI is InChI=1S/C14H10N2O3/c15-8-9-1-3-10(4-2-9)19-11-5-6-13(16)12(7-11)14(17)18/h1-7H,16H2,(H,17,18). The van der Waals surface area contributed by atoms with Gasteiger partial charge in [-0.25, -0.2) is 4.79 Å². The van der Waals surface area contributed by atoms with Crippen LogP contribution >= 0.6 is 0 Å². The fraction of sp³-hybridized carbons (Fsp3) is 0. The van der Waals surface area contributed by atoms with Crippen LogP contribution in [-0.2, 0) is 0 Å². The van der Waals surface area contributed by atoms with E-state index in [0.29, 0.717) is 17.1 Å². The van der Waals surface area contributed by atoms with Crippen molar-refractivity contribution >= 4 is 11.7 Å². The van der Waals surface area contributed by atoms with Gasteiger partial charge < -0.3 is 15.6 Å². The van der Waals surface area contributed by atoms with E-state index in [1.807, 2.05) is 6.07 Å². The summed E-state index contributed by atoms with van der Waals surface area (Å²) in [6, 6.07) is 12.9. The molecule has 0 bridgehead atoms. The monoisotopic (exact) mass is 254 g/mol. The Bertz CT molecular complexity index is 657. The lowest BCUT2D eigenvalue weighted by Crippen LogP contribution is -2.02. The molecule has 5 heteroatoms. The first kappa shape index (κ1) is 12.5. The predicted octanol–water partition coefficient (Wildman–Crippen LogP) is 2.63. The van der Waals surface area contributed by atoms with Crippen LogP contribution in [0.2, 0.25) is 0 Å². The minimum Gasteiger partial charge on any atom is -0.478 e. The van der Waals surface area contributed by atoms with Crippen LogP contribution in [0.15, 0.2) is 42.5 Å². The first-order valence-electron chi connectivity index (χ1n) is 5.41. The number of hydrogen-bond donors (Lipinski definition) is 2. The molecule has 0 aliphatic rings. The van der Waals surface area contributed by atoms with E-state index >= 15 is 0 Å². The fourth-order valence-electron chi connectivity index (χ4n) is 1.52. The maximum Gasteiger partial charge on any atom is 0.337 e. The largest absolute Gasteiger partial charge is 0.478 e. The number of nitrogen functional groups attached to an aromatic ring is 1. The summed E-state index contributed by atoms with van der Waals surface area (Å²) in [5.74, 6) is -0.223. The first-order chi connectivity index (χ1) is 9.10. The molecule has 0 atom stereocenters. The van der Waals surface area contributed by atoms with Gasteiger partial charge in [-0.15, -0.1) is 0 Å². The summed E-state index contributed by atoms with van der Waals surface area (Å²) in [6.07, 6.45) is 0. The van der Waals surface area contributed by atoms with Gasteiger partial charge in [0.05, 0.1) is 17.2 Å². The number of nitrogens with two attached hydrogens (primary N) is 1. The molecule has 2 aromatic rings. The third-order valence-electron chi connectivity index (χ3n) is 2.47. The third kappa shape index (κ3) is 2.82. The molecule has 0 saturated heterocycles. The Morgan fingerprint density at radius 2 is 1.79 bits per heavy atom. The van der Waals surface area contributed by atoms with E-state index in [-0.39, 0.29) is 11.3 Å². The van der Waals surface area contributed by atoms with E-state index < -0.39 is 5.97 Å². The van der Waals surface area contributed by atoms with Gasteiger partial charge in [0.25, 0.3) is 0 Å². The van der Waals surface area contributed by atoms with E-state index in [1.165, 1.54) is 12.1 Å². The summed E-state index contributed by atoms with van der Waals surface area (Å²) in [7, 11) is 0. The molecule has 0 aliphatic carbocycles. The zero-order valence-electron chi connectivity index (χ0n) is 9.83. The van der Waals surface area contributed by atoms with Crippen molar-refractivity contribution in [1.82, 2.24) is 0 Å². The van der Waals surface area contributed by atoms with Crippen molar-refractivity contribution in [2.45, 2.75) is 0 Å². The Balaban J connectivity index is 2.25. The minimum absolute atomic E-state index is 0.00820. The van der Waals surface area contributed by atoms with E-state index in [9.17, 15) is 4.79 Å². The third-order valence-corrected chi connectivity index (χ3v) is 2.47. The van der Waals surface area contributed by atoms with Crippen molar-refractivity contribution in [2.75, 3.05) is 5.73 Å². The van der Waals surface area contributed by atoms with Gasteiger partial charge in [0.1, 0.15) is 11.5 Å². The van der Waals surface area contributed by atoms with Crippen LogP contribution in [0.4, 0.5) is 5.69 Å². The molecule has 0 aliphatic heterocycles. The highest BCUT2D eigenvalue weighted by Gasteiger charge is 2.09. The van der Waals surface area contributed by atoms with Crippen LogP contribution in [0, 0.1) is 11.3 Å². The summed E-state index contributed by atoms with van der Waals surface area (Å²) in [6.45, 7) is 0. The van der Waals surface area contributed by atoms with E-state index in [2.05, 4.69) is 0 Å². The van der Waals surface area contributed by atoms with Crippen LogP contribution in [-0.4, -0.2) is 11.1 Å². The number of carboxylic acids is 1. The van der Waals surface area contributed by atoms with Crippen molar-refractivity contribution in [3.05, 3.63) is 53.6 Å². The zero-order valence-corrected chi connectivity index (χ0v) is 9.83. The van der Waals surface area contributed by atoms with Gasteiger partial charge >= 0.3 is 5.97 Å². The molecule has 0 aromatic heterocycles. The van der Waals surface area contributed by atoms with Crippen molar-refractivity contribution in [3.63, 3.8) is 0 Å². The topological polar surface area (TPSA) is 96.3 Å². The molecule has 0 amide bonds. The number of rotatable bonds is 3. The van der Waals surface area contributed by atoms with Gasteiger partial charge in [-0.1, -0.05) is 0 Å². The number of benzene rings is 2. The Labute approximate surface area is 109 Å². The molecular weight excluding hydrogens is 244 g/mol. The molecule has 0 saturated carbocycles. The number of nitriles is 1. The number of anilines is 1. The summed E-state index contributed by atoms with van der Waals surface area (Å²) in [5.41, 5.74) is 6.25. The quantitative estimate of drug-likeness (QED) is 0.820. The molecule has 94 valence electrons. The maximum atomic E-state index is 10.9. The Kier molecular flexibility index (Phi) is 3.35.